The molecule has 0 amide bonds. The van der Waals surface area contributed by atoms with Crippen LogP contribution in [-0.2, 0) is 6.42 Å². The van der Waals surface area contributed by atoms with Gasteiger partial charge in [-0.25, -0.2) is 4.98 Å². The predicted molar refractivity (Wildman–Crippen MR) is 74.6 cm³/mol. The minimum atomic E-state index is 0.952. The van der Waals surface area contributed by atoms with E-state index in [9.17, 15) is 0 Å². The molecule has 3 heteroatoms. The first-order chi connectivity index (χ1) is 8.88. The summed E-state index contributed by atoms with van der Waals surface area (Å²) in [6.45, 7) is 2.16. The minimum absolute atomic E-state index is 0.952. The monoisotopic (exact) mass is 252 g/mol. The summed E-state index contributed by atoms with van der Waals surface area (Å²) in [5, 5.41) is 0. The van der Waals surface area contributed by atoms with Crippen molar-refractivity contribution < 1.29 is 0 Å². The van der Waals surface area contributed by atoms with E-state index in [0.29, 0.717) is 0 Å². The number of fused-ring (bicyclic) bond motifs is 2. The lowest BCUT2D eigenvalue weighted by atomic mass is 10.2. The van der Waals surface area contributed by atoms with Crippen LogP contribution in [0.25, 0.3) is 16.7 Å². The Balaban J connectivity index is 2.20. The molecule has 2 aromatic carbocycles. The highest BCUT2D eigenvalue weighted by atomic mass is 32.2. The van der Waals surface area contributed by atoms with E-state index in [4.69, 9.17) is 4.98 Å². The van der Waals surface area contributed by atoms with Crippen LogP contribution in [0.15, 0.2) is 52.3 Å². The van der Waals surface area contributed by atoms with E-state index in [-0.39, 0.29) is 0 Å². The normalized spacial score (nSPS) is 12.7. The smallest absolute Gasteiger partial charge is 0.114 e. The molecule has 4 rings (SSSR count). The fourth-order valence-electron chi connectivity index (χ4n) is 2.57. The van der Waals surface area contributed by atoms with Crippen LogP contribution in [0.4, 0.5) is 0 Å². The lowest BCUT2D eigenvalue weighted by Crippen LogP contribution is -2.05. The largest absolute Gasteiger partial charge is 0.294 e. The minimum Gasteiger partial charge on any atom is -0.294 e. The third-order valence-electron chi connectivity index (χ3n) is 3.35. The van der Waals surface area contributed by atoms with Gasteiger partial charge in [0.05, 0.1) is 16.7 Å². The van der Waals surface area contributed by atoms with Crippen LogP contribution in [-0.4, -0.2) is 9.55 Å². The molecule has 2 nitrogen and oxygen atoms in total. The Morgan fingerprint density at radius 1 is 1.06 bits per heavy atom. The zero-order valence-electron chi connectivity index (χ0n) is 10.1. The second-order valence-corrected chi connectivity index (χ2v) is 5.49. The SMILES string of the molecule is CCc1nc2cccc3c2n1-c1ccccc1S3. The first-order valence-electron chi connectivity index (χ1n) is 6.16. The molecule has 3 aromatic rings. The van der Waals surface area contributed by atoms with E-state index in [1.54, 1.807) is 0 Å². The Morgan fingerprint density at radius 3 is 2.78 bits per heavy atom. The Kier molecular flexibility index (Phi) is 2.06. The molecule has 0 saturated heterocycles. The lowest BCUT2D eigenvalue weighted by molar-refractivity contribution is 0.888. The van der Waals surface area contributed by atoms with Gasteiger partial charge in [0.2, 0.25) is 0 Å². The fraction of sp³-hybridized carbons (Fsp3) is 0.133. The van der Waals surface area contributed by atoms with E-state index in [0.717, 1.165) is 17.8 Å². The van der Waals surface area contributed by atoms with Crippen molar-refractivity contribution in [1.29, 1.82) is 0 Å². The van der Waals surface area contributed by atoms with Crippen LogP contribution in [0.5, 0.6) is 0 Å². The van der Waals surface area contributed by atoms with Gasteiger partial charge in [-0.3, -0.25) is 4.57 Å². The number of para-hydroxylation sites is 2. The number of imidazole rings is 1. The molecule has 1 aromatic heterocycles. The topological polar surface area (TPSA) is 17.8 Å². The molecular formula is C15H12N2S. The van der Waals surface area contributed by atoms with Gasteiger partial charge >= 0.3 is 0 Å². The molecule has 1 aliphatic heterocycles. The summed E-state index contributed by atoms with van der Waals surface area (Å²) in [6, 6.07) is 14.9. The van der Waals surface area contributed by atoms with Crippen LogP contribution in [0.1, 0.15) is 12.7 Å². The van der Waals surface area contributed by atoms with Crippen LogP contribution in [0.2, 0.25) is 0 Å². The molecule has 0 radical (unpaired) electrons. The average molecular weight is 252 g/mol. The number of hydrogen-bond acceptors (Lipinski definition) is 2. The molecule has 2 heterocycles. The van der Waals surface area contributed by atoms with Gasteiger partial charge in [-0.05, 0) is 24.3 Å². The number of rotatable bonds is 1. The standard InChI is InChI=1S/C15H12N2S/c1-2-14-16-10-6-5-9-13-15(10)17(14)11-7-3-4-8-12(11)18-13/h3-9H,2H2,1H3. The second-order valence-electron chi connectivity index (χ2n) is 4.41. The maximum atomic E-state index is 4.75. The van der Waals surface area contributed by atoms with Crippen molar-refractivity contribution in [2.45, 2.75) is 23.1 Å². The zero-order chi connectivity index (χ0) is 12.1. The summed E-state index contributed by atoms with van der Waals surface area (Å²) in [6.07, 6.45) is 0.952. The van der Waals surface area contributed by atoms with E-state index in [1.165, 1.54) is 21.0 Å². The summed E-state index contributed by atoms with van der Waals surface area (Å²) in [5.74, 6) is 1.14. The molecule has 0 aliphatic carbocycles. The molecule has 0 saturated carbocycles. The zero-order valence-corrected chi connectivity index (χ0v) is 10.9. The van der Waals surface area contributed by atoms with Crippen molar-refractivity contribution in [3.05, 3.63) is 48.3 Å². The molecule has 0 fully saturated rings. The van der Waals surface area contributed by atoms with Gasteiger partial charge in [0, 0.05) is 16.2 Å². The molecule has 0 atom stereocenters. The number of aromatic nitrogens is 2. The molecule has 88 valence electrons. The highest BCUT2D eigenvalue weighted by Crippen LogP contribution is 2.43. The van der Waals surface area contributed by atoms with Gasteiger partial charge in [-0.2, -0.15) is 0 Å². The van der Waals surface area contributed by atoms with Crippen molar-refractivity contribution in [1.82, 2.24) is 9.55 Å². The third-order valence-corrected chi connectivity index (χ3v) is 4.47. The van der Waals surface area contributed by atoms with E-state index >= 15 is 0 Å². The number of nitrogens with zero attached hydrogens (tertiary/aromatic N) is 2. The van der Waals surface area contributed by atoms with Crippen LogP contribution >= 0.6 is 11.8 Å². The van der Waals surface area contributed by atoms with Gasteiger partial charge in [0.15, 0.2) is 0 Å². The lowest BCUT2D eigenvalue weighted by Gasteiger charge is -2.19. The van der Waals surface area contributed by atoms with Crippen LogP contribution < -0.4 is 0 Å². The summed E-state index contributed by atoms with van der Waals surface area (Å²) in [4.78, 5) is 7.37. The maximum absolute atomic E-state index is 4.75. The fourth-order valence-corrected chi connectivity index (χ4v) is 3.66. The summed E-state index contributed by atoms with van der Waals surface area (Å²) in [5.41, 5.74) is 3.63. The van der Waals surface area contributed by atoms with Crippen LogP contribution in [0.3, 0.4) is 0 Å². The van der Waals surface area contributed by atoms with Gasteiger partial charge in [0.25, 0.3) is 0 Å². The Morgan fingerprint density at radius 2 is 1.89 bits per heavy atom. The molecule has 1 aliphatic rings. The van der Waals surface area contributed by atoms with Gasteiger partial charge in [-0.15, -0.1) is 0 Å². The van der Waals surface area contributed by atoms with Gasteiger partial charge in [0.1, 0.15) is 5.82 Å². The highest BCUT2D eigenvalue weighted by molar-refractivity contribution is 7.99. The summed E-state index contributed by atoms with van der Waals surface area (Å²) in [7, 11) is 0. The van der Waals surface area contributed by atoms with Crippen molar-refractivity contribution in [2.75, 3.05) is 0 Å². The number of aryl methyl sites for hydroxylation is 1. The summed E-state index contributed by atoms with van der Waals surface area (Å²) < 4.78 is 2.32. The van der Waals surface area contributed by atoms with E-state index in [2.05, 4.69) is 54.0 Å². The van der Waals surface area contributed by atoms with Crippen molar-refractivity contribution >= 4 is 22.8 Å². The molecular weight excluding hydrogens is 240 g/mol. The number of benzene rings is 2. The Labute approximate surface area is 110 Å². The van der Waals surface area contributed by atoms with Crippen molar-refractivity contribution in [2.24, 2.45) is 0 Å². The average Bonchev–Trinajstić information content (AvgIpc) is 2.80. The van der Waals surface area contributed by atoms with Crippen molar-refractivity contribution in [3.63, 3.8) is 0 Å². The molecule has 18 heavy (non-hydrogen) atoms. The van der Waals surface area contributed by atoms with Gasteiger partial charge in [-0.1, -0.05) is 36.9 Å². The predicted octanol–water partition coefficient (Wildman–Crippen LogP) is 4.05. The molecule has 0 unspecified atom stereocenters. The first-order valence-corrected chi connectivity index (χ1v) is 6.97. The van der Waals surface area contributed by atoms with Gasteiger partial charge < -0.3 is 0 Å². The third kappa shape index (κ3) is 1.22. The van der Waals surface area contributed by atoms with E-state index < -0.39 is 0 Å². The Bertz CT molecular complexity index is 758. The molecule has 0 spiro atoms. The highest BCUT2D eigenvalue weighted by Gasteiger charge is 2.21. The van der Waals surface area contributed by atoms with Crippen LogP contribution in [0, 0.1) is 0 Å². The van der Waals surface area contributed by atoms with Crippen molar-refractivity contribution in [3.8, 4) is 5.69 Å². The first kappa shape index (κ1) is 10.2. The maximum Gasteiger partial charge on any atom is 0.114 e. The van der Waals surface area contributed by atoms with E-state index in [1.807, 2.05) is 11.8 Å². The quantitative estimate of drug-likeness (QED) is 0.508. The number of hydrogen-bond donors (Lipinski definition) is 0. The molecule has 0 N–H and O–H groups in total. The summed E-state index contributed by atoms with van der Waals surface area (Å²) >= 11 is 1.84. The molecule has 0 bridgehead atoms. The second kappa shape index (κ2) is 3.62. The Hall–Kier alpha value is -1.74.